The zero-order valence-electron chi connectivity index (χ0n) is 15.7. The summed E-state index contributed by atoms with van der Waals surface area (Å²) in [5.41, 5.74) is 1.26. The van der Waals surface area contributed by atoms with E-state index in [1.807, 2.05) is 0 Å². The molecule has 4 rings (SSSR count). The molecule has 1 aromatic carbocycles. The number of nitrogens with one attached hydrogen (secondary N) is 2. The fourth-order valence-corrected chi connectivity index (χ4v) is 3.53. The molecule has 9 nitrogen and oxygen atoms in total. The number of carbonyl (C=O) groups is 2. The standard InChI is InChI=1S/C19H23N5O4/c1-24-14-7-6-13(10-15(14)27-11-17(24)25)21-19(26)20-9-8-16-22-18(28-23-16)12-4-2-3-5-12/h6-7,10,12H,2-5,8-9,11H2,1H3,(H2,20,21,26). The molecule has 28 heavy (non-hydrogen) atoms. The van der Waals surface area contributed by atoms with E-state index in [4.69, 9.17) is 9.26 Å². The second-order valence-corrected chi connectivity index (χ2v) is 7.09. The van der Waals surface area contributed by atoms with Gasteiger partial charge in [0, 0.05) is 37.7 Å². The minimum Gasteiger partial charge on any atom is -0.481 e. The van der Waals surface area contributed by atoms with E-state index >= 15 is 0 Å². The number of fused-ring (bicyclic) bond motifs is 1. The molecule has 0 bridgehead atoms. The Labute approximate surface area is 162 Å². The van der Waals surface area contributed by atoms with E-state index in [9.17, 15) is 9.59 Å². The lowest BCUT2D eigenvalue weighted by Crippen LogP contribution is -2.35. The first-order valence-corrected chi connectivity index (χ1v) is 9.51. The van der Waals surface area contributed by atoms with Crippen molar-refractivity contribution in [3.05, 3.63) is 29.9 Å². The number of aromatic nitrogens is 2. The number of amides is 3. The van der Waals surface area contributed by atoms with Gasteiger partial charge >= 0.3 is 6.03 Å². The van der Waals surface area contributed by atoms with Crippen LogP contribution < -0.4 is 20.3 Å². The van der Waals surface area contributed by atoms with Crippen LogP contribution in [0.1, 0.15) is 43.3 Å². The molecule has 2 aliphatic rings. The van der Waals surface area contributed by atoms with Gasteiger partial charge in [-0.1, -0.05) is 18.0 Å². The summed E-state index contributed by atoms with van der Waals surface area (Å²) in [5, 5.41) is 9.53. The van der Waals surface area contributed by atoms with Crippen LogP contribution in [0.4, 0.5) is 16.2 Å². The van der Waals surface area contributed by atoms with Crippen LogP contribution in [0.3, 0.4) is 0 Å². The van der Waals surface area contributed by atoms with Gasteiger partial charge in [0.1, 0.15) is 5.75 Å². The molecule has 1 aliphatic heterocycles. The number of hydrogen-bond acceptors (Lipinski definition) is 6. The average Bonchev–Trinajstić information content (AvgIpc) is 3.36. The zero-order valence-corrected chi connectivity index (χ0v) is 15.7. The summed E-state index contributed by atoms with van der Waals surface area (Å²) >= 11 is 0. The lowest BCUT2D eigenvalue weighted by atomic mass is 10.1. The van der Waals surface area contributed by atoms with Crippen molar-refractivity contribution in [3.63, 3.8) is 0 Å². The molecule has 0 radical (unpaired) electrons. The van der Waals surface area contributed by atoms with Gasteiger partial charge in [0.25, 0.3) is 5.91 Å². The molecular formula is C19H23N5O4. The van der Waals surface area contributed by atoms with Crippen LogP contribution in [0.25, 0.3) is 0 Å². The van der Waals surface area contributed by atoms with E-state index < -0.39 is 0 Å². The van der Waals surface area contributed by atoms with Crippen molar-refractivity contribution in [1.29, 1.82) is 0 Å². The summed E-state index contributed by atoms with van der Waals surface area (Å²) in [7, 11) is 1.69. The van der Waals surface area contributed by atoms with Gasteiger partial charge in [0.2, 0.25) is 5.89 Å². The number of likely N-dealkylation sites (N-methyl/N-ethyl adjacent to an activating group) is 1. The zero-order chi connectivity index (χ0) is 19.5. The molecule has 0 spiro atoms. The Bertz CT molecular complexity index is 875. The maximum absolute atomic E-state index is 12.1. The largest absolute Gasteiger partial charge is 0.481 e. The lowest BCUT2D eigenvalue weighted by Gasteiger charge is -2.26. The Morgan fingerprint density at radius 2 is 2.14 bits per heavy atom. The minimum atomic E-state index is -0.334. The Hall–Kier alpha value is -3.10. The van der Waals surface area contributed by atoms with Crippen LogP contribution in [0.15, 0.2) is 22.7 Å². The quantitative estimate of drug-likeness (QED) is 0.818. The monoisotopic (exact) mass is 385 g/mol. The maximum atomic E-state index is 12.1. The molecule has 0 unspecified atom stereocenters. The van der Waals surface area contributed by atoms with Crippen LogP contribution in [0, 0.1) is 0 Å². The summed E-state index contributed by atoms with van der Waals surface area (Å²) in [6.45, 7) is 0.390. The van der Waals surface area contributed by atoms with Gasteiger partial charge in [-0.25, -0.2) is 4.79 Å². The number of nitrogens with zero attached hydrogens (tertiary/aromatic N) is 3. The summed E-state index contributed by atoms with van der Waals surface area (Å²) in [4.78, 5) is 29.7. The predicted molar refractivity (Wildman–Crippen MR) is 102 cm³/mol. The first-order chi connectivity index (χ1) is 13.6. The highest BCUT2D eigenvalue weighted by atomic mass is 16.5. The lowest BCUT2D eigenvalue weighted by molar-refractivity contribution is -0.120. The van der Waals surface area contributed by atoms with E-state index in [0.717, 1.165) is 18.7 Å². The number of carbonyl (C=O) groups excluding carboxylic acids is 2. The van der Waals surface area contributed by atoms with E-state index in [2.05, 4.69) is 20.8 Å². The molecule has 9 heteroatoms. The van der Waals surface area contributed by atoms with Crippen molar-refractivity contribution < 1.29 is 18.8 Å². The van der Waals surface area contributed by atoms with Gasteiger partial charge in [0.15, 0.2) is 12.4 Å². The molecule has 2 N–H and O–H groups in total. The summed E-state index contributed by atoms with van der Waals surface area (Å²) in [6, 6.07) is 4.83. The van der Waals surface area contributed by atoms with Crippen LogP contribution in [0.2, 0.25) is 0 Å². The fourth-order valence-electron chi connectivity index (χ4n) is 3.53. The molecule has 0 saturated heterocycles. The fraction of sp³-hybridized carbons (Fsp3) is 0.474. The molecule has 148 valence electrons. The van der Waals surface area contributed by atoms with Gasteiger partial charge in [-0.05, 0) is 25.0 Å². The van der Waals surface area contributed by atoms with E-state index in [-0.39, 0.29) is 18.5 Å². The van der Waals surface area contributed by atoms with Crippen molar-refractivity contribution in [3.8, 4) is 5.75 Å². The molecule has 1 aliphatic carbocycles. The predicted octanol–water partition coefficient (Wildman–Crippen LogP) is 2.45. The first-order valence-electron chi connectivity index (χ1n) is 9.51. The Kier molecular flexibility index (Phi) is 5.14. The van der Waals surface area contributed by atoms with Crippen molar-refractivity contribution in [2.24, 2.45) is 0 Å². The summed E-state index contributed by atoms with van der Waals surface area (Å²) in [5.74, 6) is 2.17. The van der Waals surface area contributed by atoms with Crippen molar-refractivity contribution in [2.45, 2.75) is 38.0 Å². The molecule has 1 aromatic heterocycles. The van der Waals surface area contributed by atoms with Crippen molar-refractivity contribution in [2.75, 3.05) is 30.4 Å². The SMILES string of the molecule is CN1C(=O)COc2cc(NC(=O)NCCc3noc(C4CCCC4)n3)ccc21. The van der Waals surface area contributed by atoms with E-state index in [1.54, 1.807) is 25.2 Å². The summed E-state index contributed by atoms with van der Waals surface area (Å²) in [6.07, 6.45) is 5.15. The Morgan fingerprint density at radius 3 is 2.96 bits per heavy atom. The van der Waals surface area contributed by atoms with Crippen molar-refractivity contribution in [1.82, 2.24) is 15.5 Å². The van der Waals surface area contributed by atoms with Gasteiger partial charge < -0.3 is 24.8 Å². The third kappa shape index (κ3) is 3.92. The topological polar surface area (TPSA) is 110 Å². The van der Waals surface area contributed by atoms with Crippen LogP contribution >= 0.6 is 0 Å². The Balaban J connectivity index is 1.26. The molecule has 1 fully saturated rings. The second-order valence-electron chi connectivity index (χ2n) is 7.09. The second kappa shape index (κ2) is 7.87. The van der Waals surface area contributed by atoms with Gasteiger partial charge in [-0.2, -0.15) is 4.98 Å². The van der Waals surface area contributed by atoms with Gasteiger partial charge in [0.05, 0.1) is 5.69 Å². The number of hydrogen-bond donors (Lipinski definition) is 2. The third-order valence-corrected chi connectivity index (χ3v) is 5.13. The number of benzene rings is 1. The number of rotatable bonds is 5. The summed E-state index contributed by atoms with van der Waals surface area (Å²) < 4.78 is 10.8. The molecule has 0 atom stereocenters. The Morgan fingerprint density at radius 1 is 1.32 bits per heavy atom. The molecule has 2 heterocycles. The smallest absolute Gasteiger partial charge is 0.319 e. The number of anilines is 2. The van der Waals surface area contributed by atoms with Gasteiger partial charge in [-0.3, -0.25) is 4.79 Å². The highest BCUT2D eigenvalue weighted by molar-refractivity contribution is 5.98. The van der Waals surface area contributed by atoms with E-state index in [1.165, 1.54) is 17.7 Å². The van der Waals surface area contributed by atoms with Crippen LogP contribution in [-0.2, 0) is 11.2 Å². The number of ether oxygens (including phenoxy) is 1. The third-order valence-electron chi connectivity index (χ3n) is 5.13. The van der Waals surface area contributed by atoms with Crippen LogP contribution in [-0.4, -0.2) is 42.3 Å². The molecular weight excluding hydrogens is 362 g/mol. The minimum absolute atomic E-state index is 0.00725. The normalized spacial score (nSPS) is 16.6. The molecule has 1 saturated carbocycles. The first kappa shape index (κ1) is 18.3. The highest BCUT2D eigenvalue weighted by Gasteiger charge is 2.23. The van der Waals surface area contributed by atoms with Crippen LogP contribution in [0.5, 0.6) is 5.75 Å². The molecule has 3 amide bonds. The van der Waals surface area contributed by atoms with Gasteiger partial charge in [-0.15, -0.1) is 0 Å². The average molecular weight is 385 g/mol. The molecule has 2 aromatic rings. The highest BCUT2D eigenvalue weighted by Crippen LogP contribution is 2.34. The number of urea groups is 1. The maximum Gasteiger partial charge on any atom is 0.319 e. The van der Waals surface area contributed by atoms with E-state index in [0.29, 0.717) is 41.8 Å². The van der Waals surface area contributed by atoms with Crippen molar-refractivity contribution >= 4 is 23.3 Å².